The molecular formula is C47H56ClFN2O10. The molecular weight excluding hydrogens is 807 g/mol. The van der Waals surface area contributed by atoms with Gasteiger partial charge in [-0.3, -0.25) is 9.69 Å². The number of alkyl halides is 1. The number of amides is 1. The van der Waals surface area contributed by atoms with Crippen molar-refractivity contribution < 1.29 is 52.7 Å². The predicted molar refractivity (Wildman–Crippen MR) is 229 cm³/mol. The lowest BCUT2D eigenvalue weighted by Crippen LogP contribution is -2.70. The lowest BCUT2D eigenvalue weighted by atomic mass is 9.55. The highest BCUT2D eigenvalue weighted by molar-refractivity contribution is 6.18. The number of allylic oxidation sites excluding steroid dienone is 1. The Hall–Kier alpha value is -4.95. The third kappa shape index (κ3) is 10.2. The van der Waals surface area contributed by atoms with E-state index >= 15 is 0 Å². The van der Waals surface area contributed by atoms with Crippen molar-refractivity contribution in [2.75, 3.05) is 46.0 Å². The standard InChI is InChI=1S/C47H56ClFN2O10/c1-4-23-58-47-43(51(46(55)57-24-20-48)29-31-12-14-34(49)15-13-31)28-40(50-59-5-2)38-26-32(10-6-8-21-52)37(11-7-9-22-53)44(45(38)47)39-27-36(17-19-42(39)61-47)60-35-16-18-41(56-3)33(25-35)30-54/h4,12-19,25-27,30,32,37,43-45,52-53H,1,5-11,20-24,28-29H2,2-3H3/t32-,37+,43-,44+,45+,47+/m0/s1. The normalized spacial score (nSPS) is 23.1. The van der Waals surface area contributed by atoms with E-state index in [1.807, 2.05) is 19.1 Å². The molecule has 0 radical (unpaired) electrons. The van der Waals surface area contributed by atoms with E-state index in [1.165, 1.54) is 19.2 Å². The molecule has 328 valence electrons. The van der Waals surface area contributed by atoms with E-state index in [1.54, 1.807) is 47.4 Å². The van der Waals surface area contributed by atoms with Crippen molar-refractivity contribution in [2.45, 2.75) is 76.2 Å². The molecule has 1 aliphatic heterocycles. The Labute approximate surface area is 361 Å². The first-order valence-corrected chi connectivity index (χ1v) is 21.5. The van der Waals surface area contributed by atoms with E-state index in [9.17, 15) is 24.2 Å². The number of benzene rings is 3. The van der Waals surface area contributed by atoms with E-state index in [4.69, 9.17) is 45.3 Å². The molecule has 1 heterocycles. The lowest BCUT2D eigenvalue weighted by Gasteiger charge is -2.59. The quantitative estimate of drug-likeness (QED) is 0.0330. The van der Waals surface area contributed by atoms with Crippen LogP contribution in [0.1, 0.15) is 79.3 Å². The Morgan fingerprint density at radius 3 is 2.48 bits per heavy atom. The van der Waals surface area contributed by atoms with Gasteiger partial charge in [0.2, 0.25) is 5.79 Å². The highest BCUT2D eigenvalue weighted by Gasteiger charge is 2.65. The largest absolute Gasteiger partial charge is 0.496 e. The fourth-order valence-corrected chi connectivity index (χ4v) is 9.23. The maximum Gasteiger partial charge on any atom is 0.410 e. The number of aldehydes is 1. The fourth-order valence-electron chi connectivity index (χ4n) is 9.16. The Morgan fingerprint density at radius 1 is 1.05 bits per heavy atom. The highest BCUT2D eigenvalue weighted by atomic mass is 35.5. The van der Waals surface area contributed by atoms with Gasteiger partial charge in [-0.25, -0.2) is 9.18 Å². The fraction of sp³-hybridized carbons (Fsp3) is 0.468. The number of halogens is 2. The minimum Gasteiger partial charge on any atom is -0.496 e. The summed E-state index contributed by atoms with van der Waals surface area (Å²) in [5, 5.41) is 24.5. The summed E-state index contributed by atoms with van der Waals surface area (Å²) in [6.45, 7) is 6.27. The molecule has 0 unspecified atom stereocenters. The summed E-state index contributed by atoms with van der Waals surface area (Å²) in [6.07, 6.45) is 8.35. The molecule has 0 aromatic heterocycles. The Bertz CT molecular complexity index is 2030. The van der Waals surface area contributed by atoms with Crippen LogP contribution < -0.4 is 14.2 Å². The van der Waals surface area contributed by atoms with Crippen LogP contribution in [-0.4, -0.2) is 91.1 Å². The van der Waals surface area contributed by atoms with Gasteiger partial charge in [-0.05, 0) is 104 Å². The number of hydrogen-bond donors (Lipinski definition) is 2. The van der Waals surface area contributed by atoms with Crippen LogP contribution in [0.4, 0.5) is 9.18 Å². The molecule has 3 aromatic rings. The molecule has 3 aromatic carbocycles. The minimum absolute atomic E-state index is 0.0123. The maximum absolute atomic E-state index is 14.4. The second-order valence-electron chi connectivity index (χ2n) is 15.4. The summed E-state index contributed by atoms with van der Waals surface area (Å²) in [5.41, 5.74) is 3.32. The summed E-state index contributed by atoms with van der Waals surface area (Å²) < 4.78 is 46.0. The van der Waals surface area contributed by atoms with Gasteiger partial charge in [0.25, 0.3) is 0 Å². The third-order valence-corrected chi connectivity index (χ3v) is 11.8. The zero-order valence-electron chi connectivity index (χ0n) is 34.8. The van der Waals surface area contributed by atoms with Crippen LogP contribution in [0.15, 0.2) is 90.1 Å². The number of nitrogens with zero attached hydrogens (tertiary/aromatic N) is 2. The number of aliphatic hydroxyl groups is 2. The van der Waals surface area contributed by atoms with Gasteiger partial charge < -0.3 is 38.7 Å². The first-order valence-electron chi connectivity index (χ1n) is 21.0. The van der Waals surface area contributed by atoms with Gasteiger partial charge in [0.05, 0.1) is 36.8 Å². The van der Waals surface area contributed by atoms with Crippen LogP contribution in [0, 0.1) is 23.6 Å². The summed E-state index contributed by atoms with van der Waals surface area (Å²) in [6, 6.07) is 15.7. The molecule has 1 amide bonds. The number of fused-ring (bicyclic) bond motifs is 2. The number of unbranched alkanes of at least 4 members (excludes halogenated alkanes) is 2. The van der Waals surface area contributed by atoms with Crippen LogP contribution in [0.2, 0.25) is 0 Å². The monoisotopic (exact) mass is 862 g/mol. The van der Waals surface area contributed by atoms with E-state index in [-0.39, 0.29) is 63.0 Å². The van der Waals surface area contributed by atoms with E-state index < -0.39 is 29.7 Å². The number of methoxy groups -OCH3 is 1. The Morgan fingerprint density at radius 2 is 1.79 bits per heavy atom. The molecule has 6 rings (SSSR count). The molecule has 0 spiro atoms. The number of oxime groups is 1. The van der Waals surface area contributed by atoms with Crippen molar-refractivity contribution in [3.8, 4) is 23.0 Å². The van der Waals surface area contributed by atoms with Gasteiger partial charge in [-0.1, -0.05) is 42.3 Å². The average molecular weight is 863 g/mol. The number of rotatable bonds is 22. The average Bonchev–Trinajstić information content (AvgIpc) is 3.27. The predicted octanol–water partition coefficient (Wildman–Crippen LogP) is 8.97. The second kappa shape index (κ2) is 21.7. The number of carbonyl (C=O) groups excluding carboxylic acids is 2. The van der Waals surface area contributed by atoms with Crippen molar-refractivity contribution >= 4 is 29.7 Å². The van der Waals surface area contributed by atoms with Crippen molar-refractivity contribution in [1.82, 2.24) is 4.90 Å². The van der Waals surface area contributed by atoms with Gasteiger partial charge in [0, 0.05) is 37.7 Å². The molecule has 61 heavy (non-hydrogen) atoms. The summed E-state index contributed by atoms with van der Waals surface area (Å²) >= 11 is 6.04. The van der Waals surface area contributed by atoms with Crippen molar-refractivity contribution in [1.29, 1.82) is 0 Å². The molecule has 2 aliphatic carbocycles. The number of hydrogen-bond acceptors (Lipinski definition) is 11. The van der Waals surface area contributed by atoms with Crippen LogP contribution >= 0.6 is 11.6 Å². The topological polar surface area (TPSA) is 146 Å². The van der Waals surface area contributed by atoms with Gasteiger partial charge >= 0.3 is 6.09 Å². The zero-order chi connectivity index (χ0) is 43.4. The molecule has 6 atom stereocenters. The van der Waals surface area contributed by atoms with Gasteiger partial charge in [0.1, 0.15) is 48.1 Å². The molecule has 1 saturated carbocycles. The Kier molecular flexibility index (Phi) is 16.2. The van der Waals surface area contributed by atoms with Crippen molar-refractivity contribution in [2.24, 2.45) is 22.9 Å². The zero-order valence-corrected chi connectivity index (χ0v) is 35.6. The van der Waals surface area contributed by atoms with Gasteiger partial charge in [0.15, 0.2) is 6.29 Å². The highest BCUT2D eigenvalue weighted by Crippen LogP contribution is 2.62. The molecule has 0 bridgehead atoms. The van der Waals surface area contributed by atoms with E-state index in [2.05, 4.69) is 12.7 Å². The maximum atomic E-state index is 14.4. The molecule has 12 nitrogen and oxygen atoms in total. The van der Waals surface area contributed by atoms with E-state index in [0.29, 0.717) is 65.6 Å². The Balaban J connectivity index is 1.59. The van der Waals surface area contributed by atoms with Gasteiger partial charge in [-0.2, -0.15) is 0 Å². The van der Waals surface area contributed by atoms with Gasteiger partial charge in [-0.15, -0.1) is 18.2 Å². The first-order chi connectivity index (χ1) is 29.7. The molecule has 1 fully saturated rings. The molecule has 14 heteroatoms. The lowest BCUT2D eigenvalue weighted by molar-refractivity contribution is -0.256. The van der Waals surface area contributed by atoms with Crippen LogP contribution in [0.5, 0.6) is 23.0 Å². The van der Waals surface area contributed by atoms with Crippen molar-refractivity contribution in [3.63, 3.8) is 0 Å². The molecule has 0 saturated heterocycles. The minimum atomic E-state index is -1.55. The van der Waals surface area contributed by atoms with Crippen LogP contribution in [-0.2, 0) is 20.9 Å². The molecule has 3 aliphatic rings. The van der Waals surface area contributed by atoms with Crippen LogP contribution in [0.25, 0.3) is 0 Å². The summed E-state index contributed by atoms with van der Waals surface area (Å²) in [4.78, 5) is 33.7. The van der Waals surface area contributed by atoms with E-state index in [0.717, 1.165) is 36.8 Å². The number of aliphatic hydroxyl groups excluding tert-OH is 2. The number of ether oxygens (including phenoxy) is 5. The van der Waals surface area contributed by atoms with Crippen LogP contribution in [0.3, 0.4) is 0 Å². The smallest absolute Gasteiger partial charge is 0.410 e. The summed E-state index contributed by atoms with van der Waals surface area (Å²) in [7, 11) is 1.50. The summed E-state index contributed by atoms with van der Waals surface area (Å²) in [5.74, 6) is -0.936. The first kappa shape index (κ1) is 45.6. The third-order valence-electron chi connectivity index (χ3n) is 11.7. The number of carbonyl (C=O) groups is 2. The second-order valence-corrected chi connectivity index (χ2v) is 15.7. The van der Waals surface area contributed by atoms with Crippen molar-refractivity contribution in [3.05, 3.63) is 107 Å². The molecule has 2 N–H and O–H groups in total. The SMILES string of the molecule is C=CCO[C@@]12Oc3ccc(Oc4ccc(OC)c(C=O)c4)cc3[C@H]3[C@H](CCCCO)[C@@H](CCCCO)C=C(C(=NOCC)C[C@@H]1N(Cc1ccc(F)cc1)C(=O)OCCCl)[C@H]32.